The average molecular weight is 496 g/mol. The van der Waals surface area contributed by atoms with E-state index in [2.05, 4.69) is 15.4 Å². The van der Waals surface area contributed by atoms with Crippen molar-refractivity contribution in [3.63, 3.8) is 0 Å². The highest BCUT2D eigenvalue weighted by Crippen LogP contribution is 2.26. The van der Waals surface area contributed by atoms with Gasteiger partial charge in [0.15, 0.2) is 0 Å². The minimum atomic E-state index is -1.27. The molecule has 0 heterocycles. The Balaban J connectivity index is 3.41. The predicted octanol–water partition coefficient (Wildman–Crippen LogP) is 1.48. The monoisotopic (exact) mass is 495 g/mol. The molecule has 0 aromatic heterocycles. The first-order chi connectivity index (χ1) is 16.3. The normalized spacial score (nSPS) is 13.7. The molecule has 1 rings (SSSR count). The lowest BCUT2D eigenvalue weighted by Crippen LogP contribution is -2.56. The highest BCUT2D eigenvalue weighted by atomic mass is 16.6. The van der Waals surface area contributed by atoms with E-state index < -0.39 is 54.7 Å². The van der Waals surface area contributed by atoms with Crippen LogP contribution in [0, 0.1) is 5.92 Å². The van der Waals surface area contributed by atoms with E-state index in [1.807, 2.05) is 6.92 Å². The zero-order valence-electron chi connectivity index (χ0n) is 21.2. The first-order valence-corrected chi connectivity index (χ1v) is 11.4. The Kier molecular flexibility index (Phi) is 11.5. The molecule has 3 atom stereocenters. The van der Waals surface area contributed by atoms with Crippen molar-refractivity contribution < 1.29 is 38.9 Å². The summed E-state index contributed by atoms with van der Waals surface area (Å²) < 4.78 is 9.86. The van der Waals surface area contributed by atoms with Crippen molar-refractivity contribution in [1.29, 1.82) is 0 Å². The third-order valence-corrected chi connectivity index (χ3v) is 5.18. The standard InChI is InChI=1S/C24H37N3O8/c1-7-15(2)19(26-23(33)35-24(3,4)5)22(32)27(12-13-28)20(16-8-10-17(29)11-9-16)21(31)25-14-18(30)34-6/h8-11,15,19-20,28-29H,7,12-14H2,1-6H3,(H,25,31)(H,26,33). The van der Waals surface area contributed by atoms with Crippen LogP contribution in [0.1, 0.15) is 52.6 Å². The molecule has 0 fully saturated rings. The van der Waals surface area contributed by atoms with Crippen LogP contribution in [0.5, 0.6) is 5.75 Å². The Morgan fingerprint density at radius 1 is 1.11 bits per heavy atom. The van der Waals surface area contributed by atoms with E-state index in [0.717, 1.165) is 4.90 Å². The summed E-state index contributed by atoms with van der Waals surface area (Å²) in [5.74, 6) is -2.40. The van der Waals surface area contributed by atoms with Gasteiger partial charge in [0.25, 0.3) is 0 Å². The van der Waals surface area contributed by atoms with Crippen molar-refractivity contribution in [2.45, 2.75) is 58.7 Å². The second-order valence-electron chi connectivity index (χ2n) is 9.05. The molecule has 3 amide bonds. The summed E-state index contributed by atoms with van der Waals surface area (Å²) in [6.45, 7) is 7.55. The Morgan fingerprint density at radius 3 is 2.20 bits per heavy atom. The summed E-state index contributed by atoms with van der Waals surface area (Å²) in [6.07, 6.45) is -0.270. The van der Waals surface area contributed by atoms with Crippen LogP contribution < -0.4 is 10.6 Å². The van der Waals surface area contributed by atoms with Crippen LogP contribution in [0.4, 0.5) is 4.79 Å². The van der Waals surface area contributed by atoms with E-state index in [9.17, 15) is 29.4 Å². The molecule has 0 bridgehead atoms. The van der Waals surface area contributed by atoms with Crippen molar-refractivity contribution in [3.8, 4) is 5.75 Å². The van der Waals surface area contributed by atoms with Gasteiger partial charge in [0.2, 0.25) is 11.8 Å². The van der Waals surface area contributed by atoms with Gasteiger partial charge < -0.3 is 35.2 Å². The van der Waals surface area contributed by atoms with Gasteiger partial charge in [-0.05, 0) is 44.4 Å². The number of nitrogens with one attached hydrogen (secondary N) is 2. The van der Waals surface area contributed by atoms with Gasteiger partial charge in [-0.15, -0.1) is 0 Å². The fourth-order valence-corrected chi connectivity index (χ4v) is 3.23. The van der Waals surface area contributed by atoms with Crippen LogP contribution >= 0.6 is 0 Å². The third kappa shape index (κ3) is 9.44. The Bertz CT molecular complexity index is 867. The Labute approximate surface area is 205 Å². The number of amides is 3. The second kappa shape index (κ2) is 13.5. The summed E-state index contributed by atoms with van der Waals surface area (Å²) in [6, 6.07) is 3.27. The van der Waals surface area contributed by atoms with E-state index >= 15 is 0 Å². The predicted molar refractivity (Wildman–Crippen MR) is 127 cm³/mol. The Hall–Kier alpha value is -3.34. The Morgan fingerprint density at radius 2 is 1.71 bits per heavy atom. The number of methoxy groups -OCH3 is 1. The fourth-order valence-electron chi connectivity index (χ4n) is 3.23. The van der Waals surface area contributed by atoms with E-state index in [1.165, 1.54) is 31.4 Å². The van der Waals surface area contributed by atoms with Crippen LogP contribution in [0.15, 0.2) is 24.3 Å². The number of aromatic hydroxyl groups is 1. The molecular formula is C24H37N3O8. The highest BCUT2D eigenvalue weighted by Gasteiger charge is 2.38. The number of hydrogen-bond acceptors (Lipinski definition) is 8. The topological polar surface area (TPSA) is 154 Å². The number of hydrogen-bond donors (Lipinski definition) is 4. The molecule has 1 aromatic carbocycles. The number of rotatable bonds is 11. The summed E-state index contributed by atoms with van der Waals surface area (Å²) >= 11 is 0. The number of benzene rings is 1. The van der Waals surface area contributed by atoms with Gasteiger partial charge >= 0.3 is 12.1 Å². The molecule has 0 aliphatic carbocycles. The molecule has 0 spiro atoms. The zero-order chi connectivity index (χ0) is 26.8. The number of carbonyl (C=O) groups is 4. The molecule has 1 aromatic rings. The van der Waals surface area contributed by atoms with E-state index in [1.54, 1.807) is 27.7 Å². The number of nitrogens with zero attached hydrogens (tertiary/aromatic N) is 1. The maximum absolute atomic E-state index is 13.7. The highest BCUT2D eigenvalue weighted by molar-refractivity contribution is 5.93. The number of aliphatic hydroxyl groups is 1. The molecule has 196 valence electrons. The lowest BCUT2D eigenvalue weighted by molar-refractivity contribution is -0.145. The van der Waals surface area contributed by atoms with Crippen LogP contribution in [-0.2, 0) is 23.9 Å². The summed E-state index contributed by atoms with van der Waals surface area (Å²) in [5, 5.41) is 24.4. The molecule has 0 saturated heterocycles. The molecule has 11 nitrogen and oxygen atoms in total. The van der Waals surface area contributed by atoms with Crippen molar-refractivity contribution in [3.05, 3.63) is 29.8 Å². The largest absolute Gasteiger partial charge is 0.508 e. The van der Waals surface area contributed by atoms with Gasteiger partial charge in [0.1, 0.15) is 30.0 Å². The zero-order valence-corrected chi connectivity index (χ0v) is 21.2. The van der Waals surface area contributed by atoms with Gasteiger partial charge in [-0.2, -0.15) is 0 Å². The van der Waals surface area contributed by atoms with Crippen molar-refractivity contribution >= 4 is 23.9 Å². The summed E-state index contributed by atoms with van der Waals surface area (Å²) in [5.41, 5.74) is -0.465. The van der Waals surface area contributed by atoms with Crippen LogP contribution in [0.3, 0.4) is 0 Å². The van der Waals surface area contributed by atoms with Crippen LogP contribution in [-0.4, -0.2) is 77.4 Å². The minimum absolute atomic E-state index is 0.0495. The third-order valence-electron chi connectivity index (χ3n) is 5.18. The SMILES string of the molecule is CCC(C)C(NC(=O)OC(C)(C)C)C(=O)N(CCO)C(C(=O)NCC(=O)OC)c1ccc(O)cc1. The lowest BCUT2D eigenvalue weighted by atomic mass is 9.95. The number of carbonyl (C=O) groups excluding carboxylic acids is 4. The van der Waals surface area contributed by atoms with Gasteiger partial charge in [-0.25, -0.2) is 4.79 Å². The maximum Gasteiger partial charge on any atom is 0.408 e. The van der Waals surface area contributed by atoms with Gasteiger partial charge in [0, 0.05) is 6.54 Å². The van der Waals surface area contributed by atoms with Crippen molar-refractivity contribution in [1.82, 2.24) is 15.5 Å². The number of alkyl carbamates (subject to hydrolysis) is 1. The average Bonchev–Trinajstić information content (AvgIpc) is 2.79. The lowest BCUT2D eigenvalue weighted by Gasteiger charge is -2.35. The minimum Gasteiger partial charge on any atom is -0.508 e. The molecule has 0 radical (unpaired) electrons. The van der Waals surface area contributed by atoms with Crippen molar-refractivity contribution in [2.24, 2.45) is 5.92 Å². The number of phenols is 1. The molecule has 0 saturated carbocycles. The number of phenolic OH excluding ortho intramolecular Hbond substituents is 1. The number of esters is 1. The quantitative estimate of drug-likeness (QED) is 0.337. The molecule has 3 unspecified atom stereocenters. The van der Waals surface area contributed by atoms with E-state index in [4.69, 9.17) is 4.74 Å². The summed E-state index contributed by atoms with van der Waals surface area (Å²) in [4.78, 5) is 52.1. The van der Waals surface area contributed by atoms with Gasteiger partial charge in [-0.1, -0.05) is 32.4 Å². The van der Waals surface area contributed by atoms with Crippen LogP contribution in [0.2, 0.25) is 0 Å². The molecule has 0 aliphatic heterocycles. The fraction of sp³-hybridized carbons (Fsp3) is 0.583. The van der Waals surface area contributed by atoms with Gasteiger partial charge in [-0.3, -0.25) is 14.4 Å². The van der Waals surface area contributed by atoms with E-state index in [-0.39, 0.29) is 18.2 Å². The summed E-state index contributed by atoms with van der Waals surface area (Å²) in [7, 11) is 1.17. The van der Waals surface area contributed by atoms with Gasteiger partial charge in [0.05, 0.1) is 13.7 Å². The maximum atomic E-state index is 13.7. The van der Waals surface area contributed by atoms with Crippen molar-refractivity contribution in [2.75, 3.05) is 26.8 Å². The number of aliphatic hydroxyl groups excluding tert-OH is 1. The molecule has 4 N–H and O–H groups in total. The molecule has 11 heteroatoms. The number of ether oxygens (including phenoxy) is 2. The molecule has 0 aliphatic rings. The first-order valence-electron chi connectivity index (χ1n) is 11.4. The smallest absolute Gasteiger partial charge is 0.408 e. The molecule has 35 heavy (non-hydrogen) atoms. The van der Waals surface area contributed by atoms with E-state index in [0.29, 0.717) is 12.0 Å². The van der Waals surface area contributed by atoms with Crippen LogP contribution in [0.25, 0.3) is 0 Å². The first kappa shape index (κ1) is 29.7. The second-order valence-corrected chi connectivity index (χ2v) is 9.05. The molecular weight excluding hydrogens is 458 g/mol.